The van der Waals surface area contributed by atoms with Crippen molar-refractivity contribution in [3.05, 3.63) is 90.8 Å². The van der Waals surface area contributed by atoms with Crippen LogP contribution in [0.2, 0.25) is 0 Å². The maximum atomic E-state index is 5.48. The minimum atomic E-state index is 0.460. The fourth-order valence-electron chi connectivity index (χ4n) is 3.33. The SMILES string of the molecule is COc1ccccc1-c1noc(CSc2nnc(-c3ccccc3)n2-c2ccccc2)n1. The molecule has 0 aliphatic heterocycles. The van der Waals surface area contributed by atoms with Crippen molar-refractivity contribution in [1.29, 1.82) is 0 Å². The van der Waals surface area contributed by atoms with E-state index in [2.05, 4.69) is 20.3 Å². The van der Waals surface area contributed by atoms with Crippen molar-refractivity contribution in [2.75, 3.05) is 7.11 Å². The summed E-state index contributed by atoms with van der Waals surface area (Å²) in [6.07, 6.45) is 0. The van der Waals surface area contributed by atoms with E-state index >= 15 is 0 Å². The van der Waals surface area contributed by atoms with Crippen molar-refractivity contribution in [2.24, 2.45) is 0 Å². The number of nitrogens with zero attached hydrogens (tertiary/aromatic N) is 5. The van der Waals surface area contributed by atoms with Gasteiger partial charge in [0, 0.05) is 11.3 Å². The van der Waals surface area contributed by atoms with Gasteiger partial charge in [-0.2, -0.15) is 4.98 Å². The van der Waals surface area contributed by atoms with Crippen molar-refractivity contribution in [2.45, 2.75) is 10.9 Å². The Balaban J connectivity index is 1.43. The molecule has 0 atom stereocenters. The van der Waals surface area contributed by atoms with Crippen LogP contribution >= 0.6 is 11.8 Å². The van der Waals surface area contributed by atoms with Crippen LogP contribution in [0.25, 0.3) is 28.5 Å². The van der Waals surface area contributed by atoms with Gasteiger partial charge in [0.2, 0.25) is 11.7 Å². The minimum absolute atomic E-state index is 0.460. The second kappa shape index (κ2) is 9.07. The molecule has 5 rings (SSSR count). The predicted octanol–water partition coefficient (Wildman–Crippen LogP) is 5.29. The predicted molar refractivity (Wildman–Crippen MR) is 123 cm³/mol. The Morgan fingerprint density at radius 1 is 0.875 bits per heavy atom. The van der Waals surface area contributed by atoms with Crippen LogP contribution in [-0.2, 0) is 5.75 Å². The summed E-state index contributed by atoms with van der Waals surface area (Å²) in [4.78, 5) is 4.54. The number of aromatic nitrogens is 5. The fraction of sp³-hybridized carbons (Fsp3) is 0.0833. The summed E-state index contributed by atoms with van der Waals surface area (Å²) in [6, 6.07) is 27.6. The van der Waals surface area contributed by atoms with E-state index in [9.17, 15) is 0 Å². The third kappa shape index (κ3) is 4.00. The zero-order valence-electron chi connectivity index (χ0n) is 17.3. The summed E-state index contributed by atoms with van der Waals surface area (Å²) >= 11 is 1.49. The molecule has 5 aromatic rings. The van der Waals surface area contributed by atoms with Gasteiger partial charge in [0.05, 0.1) is 18.4 Å². The van der Waals surface area contributed by atoms with Gasteiger partial charge in [-0.05, 0) is 24.3 Å². The van der Waals surface area contributed by atoms with Gasteiger partial charge in [0.1, 0.15) is 5.75 Å². The highest BCUT2D eigenvalue weighted by atomic mass is 32.2. The minimum Gasteiger partial charge on any atom is -0.496 e. The molecule has 0 fully saturated rings. The van der Waals surface area contributed by atoms with Crippen LogP contribution < -0.4 is 4.74 Å². The maximum absolute atomic E-state index is 5.48. The average Bonchev–Trinajstić information content (AvgIpc) is 3.51. The van der Waals surface area contributed by atoms with Crippen LogP contribution in [0.15, 0.2) is 94.6 Å². The molecule has 2 aromatic heterocycles. The smallest absolute Gasteiger partial charge is 0.237 e. The van der Waals surface area contributed by atoms with Gasteiger partial charge >= 0.3 is 0 Å². The van der Waals surface area contributed by atoms with Gasteiger partial charge in [0.25, 0.3) is 0 Å². The Hall–Kier alpha value is -3.91. The fourth-order valence-corrected chi connectivity index (χ4v) is 4.12. The summed E-state index contributed by atoms with van der Waals surface area (Å²) in [7, 11) is 1.62. The molecule has 0 aliphatic carbocycles. The second-order valence-electron chi connectivity index (χ2n) is 6.84. The Morgan fingerprint density at radius 2 is 1.59 bits per heavy atom. The monoisotopic (exact) mass is 441 g/mol. The molecule has 0 radical (unpaired) electrons. The molecule has 7 nitrogen and oxygen atoms in total. The molecule has 2 heterocycles. The lowest BCUT2D eigenvalue weighted by Gasteiger charge is -2.09. The molecule has 158 valence electrons. The number of rotatable bonds is 7. The zero-order chi connectivity index (χ0) is 21.8. The van der Waals surface area contributed by atoms with Gasteiger partial charge in [-0.3, -0.25) is 4.57 Å². The summed E-state index contributed by atoms with van der Waals surface area (Å²) in [6.45, 7) is 0. The Kier molecular flexibility index (Phi) is 5.67. The van der Waals surface area contributed by atoms with Crippen molar-refractivity contribution in [1.82, 2.24) is 24.9 Å². The molecule has 8 heteroatoms. The highest BCUT2D eigenvalue weighted by molar-refractivity contribution is 7.98. The van der Waals surface area contributed by atoms with E-state index in [1.165, 1.54) is 11.8 Å². The van der Waals surface area contributed by atoms with Gasteiger partial charge in [-0.25, -0.2) is 0 Å². The molecule has 0 amide bonds. The molecule has 0 unspecified atom stereocenters. The standard InChI is InChI=1S/C24H19N5O2S/c1-30-20-15-9-8-14-19(20)22-25-21(31-28-22)16-32-24-27-26-23(17-10-4-2-5-11-17)29(24)18-12-6-3-7-13-18/h2-15H,16H2,1H3. The topological polar surface area (TPSA) is 78.9 Å². The van der Waals surface area contributed by atoms with E-state index in [0.29, 0.717) is 23.2 Å². The van der Waals surface area contributed by atoms with Gasteiger partial charge in [-0.1, -0.05) is 77.6 Å². The Bertz CT molecular complexity index is 1320. The molecule has 3 aromatic carbocycles. The lowest BCUT2D eigenvalue weighted by atomic mass is 10.2. The largest absolute Gasteiger partial charge is 0.496 e. The molecule has 0 spiro atoms. The number of methoxy groups -OCH3 is 1. The van der Waals surface area contributed by atoms with E-state index < -0.39 is 0 Å². The molecular formula is C24H19N5O2S. The third-order valence-corrected chi connectivity index (χ3v) is 5.73. The first-order chi connectivity index (χ1) is 15.8. The summed E-state index contributed by atoms with van der Waals surface area (Å²) in [5.74, 6) is 2.93. The van der Waals surface area contributed by atoms with Crippen molar-refractivity contribution >= 4 is 11.8 Å². The average molecular weight is 442 g/mol. The van der Waals surface area contributed by atoms with E-state index in [0.717, 1.165) is 27.8 Å². The molecule has 0 aliphatic rings. The van der Waals surface area contributed by atoms with Crippen LogP contribution in [0.4, 0.5) is 0 Å². The van der Waals surface area contributed by atoms with E-state index in [1.807, 2.05) is 89.5 Å². The van der Waals surface area contributed by atoms with Crippen LogP contribution in [0.1, 0.15) is 5.89 Å². The zero-order valence-corrected chi connectivity index (χ0v) is 18.1. The molecule has 0 bridgehead atoms. The van der Waals surface area contributed by atoms with E-state index in [-0.39, 0.29) is 0 Å². The highest BCUT2D eigenvalue weighted by Gasteiger charge is 2.18. The highest BCUT2D eigenvalue weighted by Crippen LogP contribution is 2.31. The number of hydrogen-bond donors (Lipinski definition) is 0. The summed E-state index contributed by atoms with van der Waals surface area (Å²) in [5, 5.41) is 13.8. The van der Waals surface area contributed by atoms with E-state index in [1.54, 1.807) is 7.11 Å². The first kappa shape index (κ1) is 20.0. The Morgan fingerprint density at radius 3 is 2.38 bits per heavy atom. The van der Waals surface area contributed by atoms with E-state index in [4.69, 9.17) is 9.26 Å². The number of benzene rings is 3. The summed E-state index contributed by atoms with van der Waals surface area (Å²) < 4.78 is 12.9. The van der Waals surface area contributed by atoms with Crippen LogP contribution in [0, 0.1) is 0 Å². The van der Waals surface area contributed by atoms with Crippen LogP contribution in [0.5, 0.6) is 5.75 Å². The Labute approximate surface area is 189 Å². The van der Waals surface area contributed by atoms with Crippen molar-refractivity contribution in [3.63, 3.8) is 0 Å². The normalized spacial score (nSPS) is 10.9. The van der Waals surface area contributed by atoms with Gasteiger partial charge in [-0.15, -0.1) is 10.2 Å². The molecule has 0 saturated carbocycles. The number of ether oxygens (including phenoxy) is 1. The molecular weight excluding hydrogens is 422 g/mol. The van der Waals surface area contributed by atoms with Gasteiger partial charge in [0.15, 0.2) is 11.0 Å². The van der Waals surface area contributed by atoms with Crippen molar-refractivity contribution < 1.29 is 9.26 Å². The van der Waals surface area contributed by atoms with Crippen LogP contribution in [0.3, 0.4) is 0 Å². The summed E-state index contributed by atoms with van der Waals surface area (Å²) in [5.41, 5.74) is 2.76. The lowest BCUT2D eigenvalue weighted by molar-refractivity contribution is 0.390. The number of thioether (sulfide) groups is 1. The molecule has 0 saturated heterocycles. The molecule has 32 heavy (non-hydrogen) atoms. The van der Waals surface area contributed by atoms with Crippen molar-refractivity contribution in [3.8, 4) is 34.2 Å². The van der Waals surface area contributed by atoms with Crippen LogP contribution in [-0.4, -0.2) is 32.0 Å². The number of para-hydroxylation sites is 2. The first-order valence-corrected chi connectivity index (χ1v) is 11.0. The number of hydrogen-bond acceptors (Lipinski definition) is 7. The second-order valence-corrected chi connectivity index (χ2v) is 7.79. The lowest BCUT2D eigenvalue weighted by Crippen LogP contribution is -1.99. The third-order valence-electron chi connectivity index (χ3n) is 4.82. The first-order valence-electron chi connectivity index (χ1n) is 9.98. The molecule has 0 N–H and O–H groups in total. The quantitative estimate of drug-likeness (QED) is 0.318. The maximum Gasteiger partial charge on any atom is 0.237 e. The van der Waals surface area contributed by atoms with Gasteiger partial charge < -0.3 is 9.26 Å².